The zero-order chi connectivity index (χ0) is 31.5. The van der Waals surface area contributed by atoms with Crippen molar-refractivity contribution < 1.29 is 28.2 Å². The van der Waals surface area contributed by atoms with E-state index in [1.165, 1.54) is 0 Å². The van der Waals surface area contributed by atoms with Gasteiger partial charge in [0.2, 0.25) is 0 Å². The number of hydrogen-bond donors (Lipinski definition) is 2. The summed E-state index contributed by atoms with van der Waals surface area (Å²) < 4.78 is 30.7. The first-order valence-corrected chi connectivity index (χ1v) is 15.2. The van der Waals surface area contributed by atoms with Crippen molar-refractivity contribution >= 4 is 28.8 Å². The smallest absolute Gasteiger partial charge is 0.323 e. The quantitative estimate of drug-likeness (QED) is 0.211. The van der Waals surface area contributed by atoms with Gasteiger partial charge in [-0.2, -0.15) is 9.68 Å². The van der Waals surface area contributed by atoms with Gasteiger partial charge in [0.1, 0.15) is 18.3 Å². The summed E-state index contributed by atoms with van der Waals surface area (Å²) >= 11 is -2.71. The molecule has 1 heterocycles. The fraction of sp³-hybridized carbons (Fsp3) is 0.452. The average Bonchev–Trinajstić information content (AvgIpc) is 2.97. The summed E-state index contributed by atoms with van der Waals surface area (Å²) in [5, 5.41) is 22.6. The van der Waals surface area contributed by atoms with E-state index in [0.29, 0.717) is 55.6 Å². The van der Waals surface area contributed by atoms with Crippen LogP contribution in [-0.2, 0) is 16.1 Å². The first kappa shape index (κ1) is 33.6. The van der Waals surface area contributed by atoms with Gasteiger partial charge in [-0.25, -0.2) is 5.01 Å². The molecule has 0 aromatic heterocycles. The summed E-state index contributed by atoms with van der Waals surface area (Å²) in [6, 6.07) is 13.5. The lowest BCUT2D eigenvalue weighted by Gasteiger charge is -2.45. The number of hydrogen-bond acceptors (Lipinski definition) is 8. The molecule has 0 radical (unpaired) electrons. The fourth-order valence-electron chi connectivity index (χ4n) is 4.58. The first-order valence-electron chi connectivity index (χ1n) is 14.2. The predicted octanol–water partition coefficient (Wildman–Crippen LogP) is 3.01. The third kappa shape index (κ3) is 9.53. The number of piperazine rings is 1. The van der Waals surface area contributed by atoms with E-state index in [0.717, 1.165) is 22.1 Å². The molecule has 1 saturated heterocycles. The van der Waals surface area contributed by atoms with Crippen LogP contribution >= 0.6 is 0 Å². The zero-order valence-electron chi connectivity index (χ0n) is 24.9. The number of nitrogens with one attached hydrogen (secondary N) is 1. The van der Waals surface area contributed by atoms with Crippen LogP contribution in [0.5, 0.6) is 5.75 Å². The molecule has 43 heavy (non-hydrogen) atoms. The molecule has 2 aromatic rings. The van der Waals surface area contributed by atoms with Crippen LogP contribution in [0.25, 0.3) is 0 Å². The lowest BCUT2D eigenvalue weighted by Crippen LogP contribution is -2.60. The Morgan fingerprint density at radius 2 is 1.70 bits per heavy atom. The third-order valence-electron chi connectivity index (χ3n) is 6.90. The Kier molecular flexibility index (Phi) is 12.5. The minimum absolute atomic E-state index is 0.112. The SMILES string of the molecule is CC(C)CCOc1ccc(C#Cc2ccc(N3CCN(N(C(C(=O)O)C(C)C)S(=O)[O-])CC3)cc2)cc1C(=O)NCC#N. The standard InChI is InChI=1S/C31H39N5O6S/c1-22(2)13-20-42-28-12-9-25(21-27(28)30(37)33-15-14-32)6-5-24-7-10-26(11-8-24)34-16-18-35(19-17-34)36(43(40)41)29(23(3)4)31(38)39/h7-12,21-23,29H,13,15-20H2,1-4H3,(H,33,37)(H,38,39)(H,40,41)/p-1. The fourth-order valence-corrected chi connectivity index (χ4v) is 5.45. The van der Waals surface area contributed by atoms with Crippen LogP contribution in [0.2, 0.25) is 0 Å². The molecule has 0 spiro atoms. The van der Waals surface area contributed by atoms with E-state index in [4.69, 9.17) is 10.00 Å². The Morgan fingerprint density at radius 1 is 1.07 bits per heavy atom. The minimum atomic E-state index is -2.71. The number of rotatable bonds is 12. The lowest BCUT2D eigenvalue weighted by atomic mass is 10.1. The Morgan fingerprint density at radius 3 is 2.26 bits per heavy atom. The highest BCUT2D eigenvalue weighted by Gasteiger charge is 2.35. The lowest BCUT2D eigenvalue weighted by molar-refractivity contribution is -0.149. The number of ether oxygens (including phenoxy) is 1. The molecule has 2 aromatic carbocycles. The molecule has 1 amide bonds. The van der Waals surface area contributed by atoms with Crippen molar-refractivity contribution in [1.29, 1.82) is 5.26 Å². The largest absolute Gasteiger partial charge is 0.759 e. The summed E-state index contributed by atoms with van der Waals surface area (Å²) in [5.74, 6) is 5.13. The van der Waals surface area contributed by atoms with Gasteiger partial charge in [-0.05, 0) is 60.7 Å². The van der Waals surface area contributed by atoms with Crippen molar-refractivity contribution in [2.24, 2.45) is 11.8 Å². The van der Waals surface area contributed by atoms with E-state index >= 15 is 0 Å². The second kappa shape index (κ2) is 16.1. The number of carboxylic acids is 1. The predicted molar refractivity (Wildman–Crippen MR) is 163 cm³/mol. The molecule has 1 aliphatic heterocycles. The summed E-state index contributed by atoms with van der Waals surface area (Å²) in [5.41, 5.74) is 2.66. The number of nitriles is 1. The van der Waals surface area contributed by atoms with Gasteiger partial charge >= 0.3 is 5.97 Å². The van der Waals surface area contributed by atoms with Crippen LogP contribution in [0.1, 0.15) is 55.6 Å². The number of amides is 1. The summed E-state index contributed by atoms with van der Waals surface area (Å²) in [6.07, 6.45) is 0.843. The number of nitrogens with zero attached hydrogens (tertiary/aromatic N) is 4. The first-order chi connectivity index (χ1) is 20.5. The van der Waals surface area contributed by atoms with E-state index < -0.39 is 35.1 Å². The van der Waals surface area contributed by atoms with E-state index in [1.807, 2.05) is 30.3 Å². The topological polar surface area (TPSA) is 149 Å². The molecule has 2 N–H and O–H groups in total. The van der Waals surface area contributed by atoms with Gasteiger partial charge in [-0.3, -0.25) is 13.8 Å². The molecule has 1 aliphatic rings. The molecule has 0 bridgehead atoms. The highest BCUT2D eigenvalue weighted by Crippen LogP contribution is 2.23. The van der Waals surface area contributed by atoms with E-state index in [9.17, 15) is 23.5 Å². The zero-order valence-corrected chi connectivity index (χ0v) is 25.7. The Bertz CT molecular complexity index is 1390. The van der Waals surface area contributed by atoms with Gasteiger partial charge in [0, 0.05) is 54.3 Å². The molecule has 1 fully saturated rings. The van der Waals surface area contributed by atoms with Gasteiger partial charge in [-0.1, -0.05) is 39.5 Å². The van der Waals surface area contributed by atoms with E-state index in [-0.39, 0.29) is 6.54 Å². The van der Waals surface area contributed by atoms with Crippen molar-refractivity contribution in [2.75, 3.05) is 44.2 Å². The van der Waals surface area contributed by atoms with Crippen molar-refractivity contribution in [3.05, 3.63) is 59.2 Å². The van der Waals surface area contributed by atoms with Crippen LogP contribution in [0.4, 0.5) is 5.69 Å². The number of benzene rings is 2. The normalized spacial score (nSPS) is 15.0. The molecule has 3 rings (SSSR count). The van der Waals surface area contributed by atoms with Crippen molar-refractivity contribution in [2.45, 2.75) is 40.2 Å². The van der Waals surface area contributed by atoms with Crippen LogP contribution in [0, 0.1) is 35.0 Å². The summed E-state index contributed by atoms with van der Waals surface area (Å²) in [4.78, 5) is 26.5. The molecule has 11 nitrogen and oxygen atoms in total. The molecule has 12 heteroatoms. The minimum Gasteiger partial charge on any atom is -0.759 e. The number of hydrazine groups is 1. The van der Waals surface area contributed by atoms with Crippen molar-refractivity contribution in [1.82, 2.24) is 14.7 Å². The second-order valence-corrected chi connectivity index (χ2v) is 11.7. The highest BCUT2D eigenvalue weighted by atomic mass is 32.2. The molecule has 2 unspecified atom stereocenters. The number of carboxylic acid groups (broad SMARTS) is 1. The number of anilines is 1. The van der Waals surface area contributed by atoms with Gasteiger partial charge in [0.25, 0.3) is 5.91 Å². The summed E-state index contributed by atoms with van der Waals surface area (Å²) in [6.45, 7) is 9.66. The third-order valence-corrected chi connectivity index (χ3v) is 7.66. The van der Waals surface area contributed by atoms with Crippen LogP contribution in [-0.4, -0.2) is 80.5 Å². The van der Waals surface area contributed by atoms with Gasteiger partial charge in [0.15, 0.2) is 0 Å². The maximum atomic E-state index is 12.7. The number of aliphatic carboxylic acids is 1. The molecular formula is C31H38N5O6S-. The van der Waals surface area contributed by atoms with Crippen LogP contribution in [0.15, 0.2) is 42.5 Å². The van der Waals surface area contributed by atoms with E-state index in [1.54, 1.807) is 37.1 Å². The van der Waals surface area contributed by atoms with Crippen LogP contribution in [0.3, 0.4) is 0 Å². The Balaban J connectivity index is 1.69. The molecule has 2 atom stereocenters. The van der Waals surface area contributed by atoms with E-state index in [2.05, 4.69) is 35.9 Å². The Hall–Kier alpha value is -3.94. The maximum absolute atomic E-state index is 12.7. The molecule has 0 aliphatic carbocycles. The highest BCUT2D eigenvalue weighted by molar-refractivity contribution is 7.76. The molecule has 230 valence electrons. The van der Waals surface area contributed by atoms with Gasteiger partial charge < -0.3 is 24.6 Å². The van der Waals surface area contributed by atoms with Crippen molar-refractivity contribution in [3.8, 4) is 23.7 Å². The monoisotopic (exact) mass is 608 g/mol. The second-order valence-electron chi connectivity index (χ2n) is 10.9. The van der Waals surface area contributed by atoms with Crippen molar-refractivity contribution in [3.63, 3.8) is 0 Å². The maximum Gasteiger partial charge on any atom is 0.323 e. The van der Waals surface area contributed by atoms with Crippen LogP contribution < -0.4 is 15.0 Å². The Labute approximate surface area is 255 Å². The van der Waals surface area contributed by atoms with Gasteiger partial charge in [-0.15, -0.1) is 0 Å². The molecule has 0 saturated carbocycles. The molecular weight excluding hydrogens is 570 g/mol. The average molecular weight is 609 g/mol. The summed E-state index contributed by atoms with van der Waals surface area (Å²) in [7, 11) is 0. The number of carbonyl (C=O) groups excluding carboxylic acids is 1. The number of carbonyl (C=O) groups is 2. The van der Waals surface area contributed by atoms with Gasteiger partial charge in [0.05, 0.1) is 18.2 Å².